The number of carbonyl (C=O) groups is 1. The van der Waals surface area contributed by atoms with E-state index < -0.39 is 5.97 Å². The van der Waals surface area contributed by atoms with Gasteiger partial charge in [0.25, 0.3) is 0 Å². The number of carbonyl (C=O) groups excluding carboxylic acids is 1. The third-order valence-corrected chi connectivity index (χ3v) is 5.84. The first-order valence-electron chi connectivity index (χ1n) is 11.0. The van der Waals surface area contributed by atoms with Crippen LogP contribution in [0.25, 0.3) is 0 Å². The van der Waals surface area contributed by atoms with Gasteiger partial charge in [0, 0.05) is 23.9 Å². The first-order chi connectivity index (χ1) is 16.0. The number of benzene rings is 2. The van der Waals surface area contributed by atoms with Crippen molar-refractivity contribution in [3.63, 3.8) is 0 Å². The topological polar surface area (TPSA) is 67.3 Å². The summed E-state index contributed by atoms with van der Waals surface area (Å²) >= 11 is 0. The fraction of sp³-hybridized carbons (Fsp3) is 0.269. The van der Waals surface area contributed by atoms with E-state index in [0.717, 1.165) is 24.3 Å². The van der Waals surface area contributed by atoms with Gasteiger partial charge in [-0.05, 0) is 62.6 Å². The fourth-order valence-corrected chi connectivity index (χ4v) is 4.07. The summed E-state index contributed by atoms with van der Waals surface area (Å²) in [6.07, 6.45) is 3.92. The number of hydrogen-bond donors (Lipinski definition) is 1. The lowest BCUT2D eigenvalue weighted by molar-refractivity contribution is -0.139. The molecule has 6 nitrogen and oxygen atoms in total. The zero-order chi connectivity index (χ0) is 23.4. The van der Waals surface area contributed by atoms with Crippen molar-refractivity contribution in [2.75, 3.05) is 16.8 Å². The van der Waals surface area contributed by atoms with E-state index in [9.17, 15) is 9.18 Å². The summed E-state index contributed by atoms with van der Waals surface area (Å²) in [7, 11) is 0. The van der Waals surface area contributed by atoms with Crippen molar-refractivity contribution in [3.8, 4) is 0 Å². The van der Waals surface area contributed by atoms with Crippen LogP contribution in [0.15, 0.2) is 60.7 Å². The van der Waals surface area contributed by atoms with E-state index in [-0.39, 0.29) is 18.5 Å². The molecule has 2 heterocycles. The zero-order valence-electron chi connectivity index (χ0n) is 19.0. The highest BCUT2D eigenvalue weighted by atomic mass is 19.1. The monoisotopic (exact) mass is 446 g/mol. The second-order valence-corrected chi connectivity index (χ2v) is 8.00. The molecule has 4 rings (SSSR count). The summed E-state index contributed by atoms with van der Waals surface area (Å²) in [6, 6.07) is 14.6. The summed E-state index contributed by atoms with van der Waals surface area (Å²) in [4.78, 5) is 23.6. The van der Waals surface area contributed by atoms with Crippen LogP contribution in [0.1, 0.15) is 42.3 Å². The van der Waals surface area contributed by atoms with Gasteiger partial charge >= 0.3 is 5.97 Å². The molecule has 0 aliphatic carbocycles. The average Bonchev–Trinajstić information content (AvgIpc) is 2.81. The fourth-order valence-electron chi connectivity index (χ4n) is 4.07. The van der Waals surface area contributed by atoms with Crippen LogP contribution >= 0.6 is 0 Å². The van der Waals surface area contributed by atoms with Gasteiger partial charge < -0.3 is 15.0 Å². The zero-order valence-corrected chi connectivity index (χ0v) is 19.0. The molecule has 0 saturated heterocycles. The number of rotatable bonds is 6. The lowest BCUT2D eigenvalue weighted by Crippen LogP contribution is -2.35. The van der Waals surface area contributed by atoms with Crippen LogP contribution < -0.4 is 10.2 Å². The molecule has 1 atom stereocenters. The Kier molecular flexibility index (Phi) is 6.68. The van der Waals surface area contributed by atoms with Crippen molar-refractivity contribution in [1.82, 2.24) is 9.97 Å². The summed E-state index contributed by atoms with van der Waals surface area (Å²) in [5, 5.41) is 3.15. The highest BCUT2D eigenvalue weighted by Crippen LogP contribution is 2.35. The van der Waals surface area contributed by atoms with Crippen LogP contribution in [-0.2, 0) is 22.6 Å². The lowest BCUT2D eigenvalue weighted by atomic mass is 9.93. The quantitative estimate of drug-likeness (QED) is 0.403. The number of nitrogens with one attached hydrogen (secondary N) is 1. The average molecular weight is 447 g/mol. The number of fused-ring (bicyclic) bond motifs is 1. The van der Waals surface area contributed by atoms with Crippen LogP contribution in [0.5, 0.6) is 0 Å². The van der Waals surface area contributed by atoms with Gasteiger partial charge in [0.15, 0.2) is 0 Å². The van der Waals surface area contributed by atoms with Crippen molar-refractivity contribution >= 4 is 23.4 Å². The summed E-state index contributed by atoms with van der Waals surface area (Å²) in [5.74, 6) is 0.410. The molecule has 0 amide bonds. The van der Waals surface area contributed by atoms with Gasteiger partial charge in [-0.15, -0.1) is 0 Å². The van der Waals surface area contributed by atoms with Crippen molar-refractivity contribution in [2.45, 2.75) is 39.8 Å². The van der Waals surface area contributed by atoms with Crippen molar-refractivity contribution in [1.29, 1.82) is 0 Å². The molecule has 0 saturated carbocycles. The Morgan fingerprint density at radius 3 is 2.73 bits per heavy atom. The summed E-state index contributed by atoms with van der Waals surface area (Å²) < 4.78 is 18.7. The molecule has 1 aliphatic heterocycles. The molecule has 1 aliphatic rings. The SMILES string of the molecule is CC=CC(=O)OCc1nc(Nc2ccc(F)cc2)nc(N2CCc3ccccc3C2C)c1C. The maximum Gasteiger partial charge on any atom is 0.330 e. The molecule has 1 aromatic heterocycles. The Labute approximate surface area is 193 Å². The van der Waals surface area contributed by atoms with Crippen molar-refractivity contribution in [3.05, 3.63) is 88.9 Å². The van der Waals surface area contributed by atoms with E-state index in [1.165, 1.54) is 29.3 Å². The van der Waals surface area contributed by atoms with Crippen LogP contribution in [0.4, 0.5) is 21.8 Å². The van der Waals surface area contributed by atoms with Crippen LogP contribution in [0.2, 0.25) is 0 Å². The molecule has 0 radical (unpaired) electrons. The molecule has 1 N–H and O–H groups in total. The molecule has 33 heavy (non-hydrogen) atoms. The standard InChI is InChI=1S/C26H27FN4O2/c1-4-7-24(32)33-16-23-17(2)25(30-26(29-23)28-21-12-10-20(27)11-13-21)31-15-14-19-8-5-6-9-22(19)18(31)3/h4-13,18H,14-16H2,1-3H3,(H,28,29,30). The first-order valence-corrected chi connectivity index (χ1v) is 11.0. The molecule has 2 aromatic carbocycles. The minimum Gasteiger partial charge on any atom is -0.456 e. The van der Waals surface area contributed by atoms with E-state index in [0.29, 0.717) is 17.3 Å². The predicted molar refractivity (Wildman–Crippen MR) is 127 cm³/mol. The summed E-state index contributed by atoms with van der Waals surface area (Å²) in [5.41, 5.74) is 4.77. The van der Waals surface area contributed by atoms with Crippen LogP contribution in [0.3, 0.4) is 0 Å². The molecule has 0 bridgehead atoms. The van der Waals surface area contributed by atoms with Gasteiger partial charge in [0.1, 0.15) is 18.2 Å². The Bertz CT molecular complexity index is 1180. The highest BCUT2D eigenvalue weighted by Gasteiger charge is 2.27. The first kappa shape index (κ1) is 22.5. The van der Waals surface area contributed by atoms with Crippen LogP contribution in [-0.4, -0.2) is 22.5 Å². The third-order valence-electron chi connectivity index (χ3n) is 5.84. The van der Waals surface area contributed by atoms with Crippen molar-refractivity contribution < 1.29 is 13.9 Å². The van der Waals surface area contributed by atoms with Crippen LogP contribution in [0, 0.1) is 12.7 Å². The van der Waals surface area contributed by atoms with Crippen molar-refractivity contribution in [2.24, 2.45) is 0 Å². The van der Waals surface area contributed by atoms with E-state index in [1.54, 1.807) is 25.1 Å². The van der Waals surface area contributed by atoms with E-state index in [4.69, 9.17) is 9.72 Å². The van der Waals surface area contributed by atoms with E-state index in [1.807, 2.05) is 6.92 Å². The summed E-state index contributed by atoms with van der Waals surface area (Å²) in [6.45, 7) is 6.71. The minimum atomic E-state index is -0.426. The number of anilines is 3. The third kappa shape index (κ3) is 5.03. The van der Waals surface area contributed by atoms with E-state index in [2.05, 4.69) is 46.4 Å². The largest absolute Gasteiger partial charge is 0.456 e. The Hall–Kier alpha value is -3.74. The molecule has 0 spiro atoms. The molecule has 170 valence electrons. The Morgan fingerprint density at radius 2 is 1.97 bits per heavy atom. The Balaban J connectivity index is 1.70. The molecule has 1 unspecified atom stereocenters. The van der Waals surface area contributed by atoms with E-state index >= 15 is 0 Å². The van der Waals surface area contributed by atoms with Gasteiger partial charge in [0.05, 0.1) is 11.7 Å². The highest BCUT2D eigenvalue weighted by molar-refractivity contribution is 5.81. The molecular formula is C26H27FN4O2. The number of halogens is 1. The molecular weight excluding hydrogens is 419 g/mol. The second kappa shape index (κ2) is 9.81. The maximum atomic E-state index is 13.3. The van der Waals surface area contributed by atoms with Gasteiger partial charge in [-0.2, -0.15) is 4.98 Å². The predicted octanol–water partition coefficient (Wildman–Crippen LogP) is 5.41. The number of hydrogen-bond acceptors (Lipinski definition) is 6. The molecule has 3 aromatic rings. The maximum absolute atomic E-state index is 13.3. The number of allylic oxidation sites excluding steroid dienone is 1. The van der Waals surface area contributed by atoms with Gasteiger partial charge in [-0.1, -0.05) is 30.3 Å². The normalized spacial score (nSPS) is 15.4. The Morgan fingerprint density at radius 1 is 1.21 bits per heavy atom. The smallest absolute Gasteiger partial charge is 0.330 e. The number of nitrogens with zero attached hydrogens (tertiary/aromatic N) is 3. The number of aromatic nitrogens is 2. The molecule has 7 heteroatoms. The number of esters is 1. The van der Waals surface area contributed by atoms with Gasteiger partial charge in [-0.3, -0.25) is 0 Å². The minimum absolute atomic E-state index is 0.0292. The molecule has 0 fully saturated rings. The van der Waals surface area contributed by atoms with Gasteiger partial charge in [0.2, 0.25) is 5.95 Å². The lowest BCUT2D eigenvalue weighted by Gasteiger charge is -2.37. The van der Waals surface area contributed by atoms with Gasteiger partial charge in [-0.25, -0.2) is 14.2 Å². The number of ether oxygens (including phenoxy) is 1. The second-order valence-electron chi connectivity index (χ2n) is 8.00.